The number of anilines is 1. The third kappa shape index (κ3) is 1.80. The molecule has 8 heteroatoms. The second-order valence-corrected chi connectivity index (χ2v) is 6.89. The molecule has 4 rings (SSSR count). The van der Waals surface area contributed by atoms with Crippen molar-refractivity contribution < 1.29 is 22.7 Å². The van der Waals surface area contributed by atoms with Crippen LogP contribution < -0.4 is 4.90 Å². The Morgan fingerprint density at radius 2 is 2.12 bits per heavy atom. The van der Waals surface area contributed by atoms with Crippen LogP contribution in [0.4, 0.5) is 18.3 Å². The van der Waals surface area contributed by atoms with E-state index in [-0.39, 0.29) is 11.6 Å². The number of esters is 1. The van der Waals surface area contributed by atoms with Crippen LogP contribution in [-0.4, -0.2) is 35.8 Å². The van der Waals surface area contributed by atoms with Gasteiger partial charge in [-0.05, 0) is 18.6 Å². The van der Waals surface area contributed by atoms with Gasteiger partial charge in [0.05, 0.1) is 23.4 Å². The molecule has 1 aromatic heterocycles. The van der Waals surface area contributed by atoms with Crippen LogP contribution in [0.3, 0.4) is 0 Å². The van der Waals surface area contributed by atoms with Crippen LogP contribution in [-0.2, 0) is 9.53 Å². The highest BCUT2D eigenvalue weighted by Crippen LogP contribution is 2.56. The Labute approximate surface area is 139 Å². The Bertz CT molecular complexity index is 814. The highest BCUT2D eigenvalue weighted by atomic mass is 32.1. The molecule has 1 aliphatic heterocycles. The second kappa shape index (κ2) is 4.95. The minimum Gasteiger partial charge on any atom is -0.467 e. The Morgan fingerprint density at radius 3 is 2.79 bits per heavy atom. The number of hydrogen-bond donors (Lipinski definition) is 0. The third-order valence-electron chi connectivity index (χ3n) is 4.73. The van der Waals surface area contributed by atoms with Crippen LogP contribution >= 0.6 is 11.3 Å². The standard InChI is InChI=1S/C16H13F3N2O2S/c1-23-13(22)15(16(17,18)19)9-6-7-10(8-9)21(15)14-20-11-4-2-3-5-12(11)24-14/h2-7,9-10H,8H2,1H3/t9-,10-,15+/m0/s1. The average Bonchev–Trinajstić information content (AvgIpc) is 3.24. The first-order chi connectivity index (χ1) is 11.4. The molecule has 0 saturated carbocycles. The van der Waals surface area contributed by atoms with Crippen molar-refractivity contribution in [2.75, 3.05) is 12.0 Å². The third-order valence-corrected chi connectivity index (χ3v) is 5.76. The maximum absolute atomic E-state index is 14.1. The maximum atomic E-state index is 14.1. The number of aromatic nitrogens is 1. The summed E-state index contributed by atoms with van der Waals surface area (Å²) in [4.78, 5) is 17.8. The molecule has 1 saturated heterocycles. The minimum absolute atomic E-state index is 0.191. The number of fused-ring (bicyclic) bond motifs is 3. The number of thiazole rings is 1. The fourth-order valence-electron chi connectivity index (χ4n) is 3.74. The summed E-state index contributed by atoms with van der Waals surface area (Å²) >= 11 is 1.15. The van der Waals surface area contributed by atoms with Crippen LogP contribution in [0.5, 0.6) is 0 Å². The summed E-state index contributed by atoms with van der Waals surface area (Å²) in [6.07, 6.45) is -1.37. The number of alkyl halides is 3. The number of ether oxygens (including phenoxy) is 1. The normalized spacial score (nSPS) is 28.8. The van der Waals surface area contributed by atoms with Crippen LogP contribution in [0.25, 0.3) is 10.2 Å². The summed E-state index contributed by atoms with van der Waals surface area (Å²) in [5.74, 6) is -2.26. The zero-order chi connectivity index (χ0) is 17.1. The van der Waals surface area contributed by atoms with Crippen molar-refractivity contribution in [3.8, 4) is 0 Å². The van der Waals surface area contributed by atoms with Gasteiger partial charge in [-0.1, -0.05) is 35.6 Å². The molecule has 24 heavy (non-hydrogen) atoms. The van der Waals surface area contributed by atoms with E-state index in [1.54, 1.807) is 30.3 Å². The topological polar surface area (TPSA) is 42.4 Å². The predicted octanol–water partition coefficient (Wildman–Crippen LogP) is 3.54. The van der Waals surface area contributed by atoms with Crippen molar-refractivity contribution in [3.05, 3.63) is 36.4 Å². The molecule has 3 atom stereocenters. The molecule has 1 aromatic carbocycles. The lowest BCUT2D eigenvalue weighted by atomic mass is 9.84. The van der Waals surface area contributed by atoms with Gasteiger partial charge in [0.1, 0.15) is 0 Å². The molecule has 0 amide bonds. The minimum atomic E-state index is -4.78. The fraction of sp³-hybridized carbons (Fsp3) is 0.375. The molecule has 2 bridgehead atoms. The number of carbonyl (C=O) groups excluding carboxylic acids is 1. The number of halogens is 3. The summed E-state index contributed by atoms with van der Waals surface area (Å²) in [5, 5.41) is 0.191. The zero-order valence-electron chi connectivity index (χ0n) is 12.6. The first-order valence-electron chi connectivity index (χ1n) is 7.38. The van der Waals surface area contributed by atoms with Crippen LogP contribution in [0, 0.1) is 5.92 Å². The molecule has 2 aromatic rings. The number of benzene rings is 1. The molecule has 0 N–H and O–H groups in total. The number of methoxy groups -OCH3 is 1. The van der Waals surface area contributed by atoms with E-state index in [1.807, 2.05) is 0 Å². The lowest BCUT2D eigenvalue weighted by molar-refractivity contribution is -0.208. The lowest BCUT2D eigenvalue weighted by Crippen LogP contribution is -2.66. The van der Waals surface area contributed by atoms with Gasteiger partial charge < -0.3 is 9.64 Å². The SMILES string of the molecule is COC(=O)[C@@]1(C(F)(F)F)[C@H]2C=C[C@@H](C2)N1c1nc2ccccc2s1. The van der Waals surface area contributed by atoms with Crippen LogP contribution in [0.15, 0.2) is 36.4 Å². The van der Waals surface area contributed by atoms with Gasteiger partial charge in [-0.2, -0.15) is 13.2 Å². The molecule has 0 spiro atoms. The van der Waals surface area contributed by atoms with E-state index in [0.29, 0.717) is 5.52 Å². The van der Waals surface area contributed by atoms with Gasteiger partial charge in [-0.15, -0.1) is 0 Å². The van der Waals surface area contributed by atoms with Gasteiger partial charge in [0.15, 0.2) is 5.13 Å². The van der Waals surface area contributed by atoms with Crippen molar-refractivity contribution in [2.24, 2.45) is 5.92 Å². The first-order valence-corrected chi connectivity index (χ1v) is 8.19. The lowest BCUT2D eigenvalue weighted by Gasteiger charge is -2.42. The number of hydrogen-bond acceptors (Lipinski definition) is 5. The Balaban J connectivity index is 1.94. The highest BCUT2D eigenvalue weighted by molar-refractivity contribution is 7.22. The maximum Gasteiger partial charge on any atom is 0.423 e. The summed E-state index contributed by atoms with van der Waals surface area (Å²) in [6.45, 7) is 0. The molecule has 0 unspecified atom stereocenters. The van der Waals surface area contributed by atoms with Crippen molar-refractivity contribution in [2.45, 2.75) is 24.2 Å². The van der Waals surface area contributed by atoms with Crippen molar-refractivity contribution in [3.63, 3.8) is 0 Å². The van der Waals surface area contributed by atoms with Crippen molar-refractivity contribution in [1.82, 2.24) is 4.98 Å². The summed E-state index contributed by atoms with van der Waals surface area (Å²) in [5.41, 5.74) is -2.10. The van der Waals surface area contributed by atoms with Gasteiger partial charge >= 0.3 is 12.1 Å². The fourth-order valence-corrected chi connectivity index (χ4v) is 4.83. The number of rotatable bonds is 2. The predicted molar refractivity (Wildman–Crippen MR) is 83.9 cm³/mol. The van der Waals surface area contributed by atoms with Gasteiger partial charge in [0, 0.05) is 5.92 Å². The van der Waals surface area contributed by atoms with E-state index in [0.717, 1.165) is 28.0 Å². The number of carbonyl (C=O) groups is 1. The molecule has 0 radical (unpaired) electrons. The summed E-state index contributed by atoms with van der Waals surface area (Å²) in [6, 6.07) is 6.61. The summed E-state index contributed by atoms with van der Waals surface area (Å²) in [7, 11) is 0.988. The van der Waals surface area contributed by atoms with E-state index in [9.17, 15) is 18.0 Å². The second-order valence-electron chi connectivity index (χ2n) is 5.88. The Morgan fingerprint density at radius 1 is 1.38 bits per heavy atom. The van der Waals surface area contributed by atoms with E-state index in [2.05, 4.69) is 9.72 Å². The van der Waals surface area contributed by atoms with Crippen LogP contribution in [0.1, 0.15) is 6.42 Å². The quantitative estimate of drug-likeness (QED) is 0.611. The molecule has 2 heterocycles. The largest absolute Gasteiger partial charge is 0.467 e. The zero-order valence-corrected chi connectivity index (χ0v) is 13.4. The summed E-state index contributed by atoms with van der Waals surface area (Å²) < 4.78 is 47.7. The van der Waals surface area contributed by atoms with Gasteiger partial charge in [0.25, 0.3) is 0 Å². The van der Waals surface area contributed by atoms with Crippen molar-refractivity contribution >= 4 is 32.7 Å². The first kappa shape index (κ1) is 15.4. The van der Waals surface area contributed by atoms with E-state index in [4.69, 9.17) is 0 Å². The molecule has 2 aliphatic rings. The Kier molecular flexibility index (Phi) is 3.19. The smallest absolute Gasteiger partial charge is 0.423 e. The van der Waals surface area contributed by atoms with Gasteiger partial charge in [0.2, 0.25) is 5.54 Å². The average molecular weight is 354 g/mol. The molecule has 1 fully saturated rings. The van der Waals surface area contributed by atoms with Gasteiger partial charge in [-0.25, -0.2) is 9.78 Å². The molecule has 126 valence electrons. The molecular weight excluding hydrogens is 341 g/mol. The van der Waals surface area contributed by atoms with E-state index >= 15 is 0 Å². The molecular formula is C16H13F3N2O2S. The number of para-hydroxylation sites is 1. The highest BCUT2D eigenvalue weighted by Gasteiger charge is 2.74. The molecule has 1 aliphatic carbocycles. The van der Waals surface area contributed by atoms with Crippen molar-refractivity contribution in [1.29, 1.82) is 0 Å². The Hall–Kier alpha value is -2.09. The monoisotopic (exact) mass is 354 g/mol. The number of nitrogens with zero attached hydrogens (tertiary/aromatic N) is 2. The van der Waals surface area contributed by atoms with Crippen LogP contribution in [0.2, 0.25) is 0 Å². The van der Waals surface area contributed by atoms with E-state index in [1.165, 1.54) is 6.08 Å². The van der Waals surface area contributed by atoms with Gasteiger partial charge in [-0.3, -0.25) is 0 Å². The van der Waals surface area contributed by atoms with E-state index < -0.39 is 29.6 Å². The molecule has 4 nitrogen and oxygen atoms in total.